The molecule has 0 saturated carbocycles. The summed E-state index contributed by atoms with van der Waals surface area (Å²) in [5.74, 6) is 0.242. The fourth-order valence-electron chi connectivity index (χ4n) is 4.58. The molecule has 0 saturated heterocycles. The lowest BCUT2D eigenvalue weighted by atomic mass is 10.0. The zero-order valence-corrected chi connectivity index (χ0v) is 16.3. The lowest BCUT2D eigenvalue weighted by Crippen LogP contribution is -2.30. The minimum Gasteiger partial charge on any atom is -0.478 e. The van der Waals surface area contributed by atoms with Gasteiger partial charge in [0.15, 0.2) is 0 Å². The molecule has 3 heterocycles. The fourth-order valence-corrected chi connectivity index (χ4v) is 4.58. The van der Waals surface area contributed by atoms with Gasteiger partial charge < -0.3 is 14.5 Å². The van der Waals surface area contributed by atoms with Crippen molar-refractivity contribution in [3.63, 3.8) is 0 Å². The standard InChI is InChI=1S/C24H24N2O3/c27-24(28)19-8-5-9-20-23(19)16(14-25-20)6-3-4-12-26-13-11-18-17-7-1-2-10-21(17)29-22(18)15-26/h1-2,5,7-10,14,25H,3-4,6,11-13,15H2,(H,27,28). The van der Waals surface area contributed by atoms with Gasteiger partial charge in [-0.2, -0.15) is 0 Å². The molecule has 0 aliphatic carbocycles. The molecular formula is C24H24N2O3. The van der Waals surface area contributed by atoms with E-state index in [1.807, 2.05) is 24.4 Å². The van der Waals surface area contributed by atoms with Crippen LogP contribution in [0.4, 0.5) is 0 Å². The van der Waals surface area contributed by atoms with E-state index in [4.69, 9.17) is 4.42 Å². The van der Waals surface area contributed by atoms with Crippen LogP contribution in [0.25, 0.3) is 21.9 Å². The Balaban J connectivity index is 1.21. The van der Waals surface area contributed by atoms with Gasteiger partial charge in [0, 0.05) is 34.6 Å². The van der Waals surface area contributed by atoms with Crippen molar-refractivity contribution in [3.05, 3.63) is 71.1 Å². The van der Waals surface area contributed by atoms with Gasteiger partial charge >= 0.3 is 5.97 Å². The van der Waals surface area contributed by atoms with E-state index in [-0.39, 0.29) is 0 Å². The van der Waals surface area contributed by atoms with Crippen molar-refractivity contribution < 1.29 is 14.3 Å². The number of nitrogens with zero attached hydrogens (tertiary/aromatic N) is 1. The third kappa shape index (κ3) is 3.32. The van der Waals surface area contributed by atoms with E-state index < -0.39 is 5.97 Å². The molecule has 0 spiro atoms. The van der Waals surface area contributed by atoms with E-state index >= 15 is 0 Å². The van der Waals surface area contributed by atoms with Crippen LogP contribution >= 0.6 is 0 Å². The molecule has 2 aromatic carbocycles. The molecule has 29 heavy (non-hydrogen) atoms. The highest BCUT2D eigenvalue weighted by molar-refractivity contribution is 6.04. The molecule has 2 aromatic heterocycles. The van der Waals surface area contributed by atoms with E-state index in [1.54, 1.807) is 12.1 Å². The first-order valence-corrected chi connectivity index (χ1v) is 10.2. The molecule has 2 N–H and O–H groups in total. The highest BCUT2D eigenvalue weighted by atomic mass is 16.4. The van der Waals surface area contributed by atoms with Crippen LogP contribution in [0.2, 0.25) is 0 Å². The maximum atomic E-state index is 11.5. The smallest absolute Gasteiger partial charge is 0.336 e. The quantitative estimate of drug-likeness (QED) is 0.457. The van der Waals surface area contributed by atoms with Gasteiger partial charge in [-0.15, -0.1) is 0 Å². The molecule has 5 nitrogen and oxygen atoms in total. The molecule has 0 amide bonds. The van der Waals surface area contributed by atoms with Gasteiger partial charge in [-0.3, -0.25) is 4.90 Å². The molecule has 0 atom stereocenters. The zero-order chi connectivity index (χ0) is 19.8. The number of hydrogen-bond donors (Lipinski definition) is 2. The maximum absolute atomic E-state index is 11.5. The lowest BCUT2D eigenvalue weighted by Gasteiger charge is -2.25. The van der Waals surface area contributed by atoms with Crippen LogP contribution in [-0.4, -0.2) is 34.0 Å². The van der Waals surface area contributed by atoms with E-state index in [2.05, 4.69) is 22.0 Å². The number of rotatable bonds is 6. The Labute approximate surface area is 168 Å². The summed E-state index contributed by atoms with van der Waals surface area (Å²) in [6.07, 6.45) is 5.99. The Kier molecular flexibility index (Phi) is 4.60. The summed E-state index contributed by atoms with van der Waals surface area (Å²) in [6, 6.07) is 13.7. The first-order valence-electron chi connectivity index (χ1n) is 10.2. The van der Waals surface area contributed by atoms with Crippen molar-refractivity contribution in [1.29, 1.82) is 0 Å². The van der Waals surface area contributed by atoms with E-state index in [9.17, 15) is 9.90 Å². The number of hydrogen-bond acceptors (Lipinski definition) is 3. The molecule has 148 valence electrons. The molecule has 1 aliphatic heterocycles. The number of aromatic amines is 1. The van der Waals surface area contributed by atoms with E-state index in [1.165, 1.54) is 10.9 Å². The van der Waals surface area contributed by atoms with Crippen molar-refractivity contribution in [2.45, 2.75) is 32.2 Å². The summed E-state index contributed by atoms with van der Waals surface area (Å²) in [7, 11) is 0. The van der Waals surface area contributed by atoms with Gasteiger partial charge in [-0.1, -0.05) is 24.3 Å². The molecule has 0 bridgehead atoms. The second kappa shape index (κ2) is 7.41. The second-order valence-electron chi connectivity index (χ2n) is 7.83. The Morgan fingerprint density at radius 1 is 1.14 bits per heavy atom. The molecule has 0 unspecified atom stereocenters. The number of furan rings is 1. The van der Waals surface area contributed by atoms with Gasteiger partial charge in [-0.25, -0.2) is 4.79 Å². The fraction of sp³-hybridized carbons (Fsp3) is 0.292. The number of para-hydroxylation sites is 1. The molecule has 4 aromatic rings. The zero-order valence-electron chi connectivity index (χ0n) is 16.3. The number of unbranched alkanes of at least 4 members (excludes halogenated alkanes) is 1. The van der Waals surface area contributed by atoms with Crippen LogP contribution in [0.5, 0.6) is 0 Å². The highest BCUT2D eigenvalue weighted by Gasteiger charge is 2.22. The number of aromatic carboxylic acids is 1. The summed E-state index contributed by atoms with van der Waals surface area (Å²) in [6.45, 7) is 2.97. The molecule has 1 aliphatic rings. The van der Waals surface area contributed by atoms with E-state index in [0.717, 1.165) is 73.1 Å². The Hall–Kier alpha value is -3.05. The summed E-state index contributed by atoms with van der Waals surface area (Å²) < 4.78 is 6.07. The van der Waals surface area contributed by atoms with Gasteiger partial charge in [0.25, 0.3) is 0 Å². The third-order valence-corrected chi connectivity index (χ3v) is 6.02. The Morgan fingerprint density at radius 2 is 2.03 bits per heavy atom. The summed E-state index contributed by atoms with van der Waals surface area (Å²) in [5.41, 5.74) is 4.74. The van der Waals surface area contributed by atoms with Crippen molar-refractivity contribution in [3.8, 4) is 0 Å². The SMILES string of the molecule is O=C(O)c1cccc2[nH]cc(CCCCN3CCc4c(oc5ccccc45)C3)c12. The summed E-state index contributed by atoms with van der Waals surface area (Å²) in [4.78, 5) is 17.2. The number of carboxylic acid groups (broad SMARTS) is 1. The number of carboxylic acids is 1. The van der Waals surface area contributed by atoms with Crippen LogP contribution in [0.3, 0.4) is 0 Å². The first-order chi connectivity index (χ1) is 14.2. The third-order valence-electron chi connectivity index (χ3n) is 6.02. The van der Waals surface area contributed by atoms with E-state index in [0.29, 0.717) is 5.56 Å². The van der Waals surface area contributed by atoms with Gasteiger partial charge in [0.2, 0.25) is 0 Å². The predicted octanol–water partition coefficient (Wildman–Crippen LogP) is 4.99. The average molecular weight is 388 g/mol. The lowest BCUT2D eigenvalue weighted by molar-refractivity contribution is 0.0699. The summed E-state index contributed by atoms with van der Waals surface area (Å²) in [5, 5.41) is 11.6. The number of benzene rings is 2. The van der Waals surface area contributed by atoms with Crippen molar-refractivity contribution in [2.24, 2.45) is 0 Å². The van der Waals surface area contributed by atoms with Crippen LogP contribution < -0.4 is 0 Å². The maximum Gasteiger partial charge on any atom is 0.336 e. The minimum absolute atomic E-state index is 0.382. The number of aromatic nitrogens is 1. The summed E-state index contributed by atoms with van der Waals surface area (Å²) >= 11 is 0. The Morgan fingerprint density at radius 3 is 2.93 bits per heavy atom. The number of carbonyl (C=O) groups is 1. The highest BCUT2D eigenvalue weighted by Crippen LogP contribution is 2.30. The monoisotopic (exact) mass is 388 g/mol. The Bertz CT molecular complexity index is 1190. The largest absolute Gasteiger partial charge is 0.478 e. The topological polar surface area (TPSA) is 69.5 Å². The normalized spacial score (nSPS) is 14.5. The molecule has 5 rings (SSSR count). The minimum atomic E-state index is -0.869. The first kappa shape index (κ1) is 18.0. The van der Waals surface area contributed by atoms with Crippen molar-refractivity contribution in [1.82, 2.24) is 9.88 Å². The number of fused-ring (bicyclic) bond motifs is 4. The average Bonchev–Trinajstić information content (AvgIpc) is 3.31. The van der Waals surface area contributed by atoms with Crippen LogP contribution in [0.15, 0.2) is 53.1 Å². The van der Waals surface area contributed by atoms with Crippen molar-refractivity contribution in [2.75, 3.05) is 13.1 Å². The molecule has 0 radical (unpaired) electrons. The second-order valence-corrected chi connectivity index (χ2v) is 7.83. The molecule has 5 heteroatoms. The molecule has 0 fully saturated rings. The predicted molar refractivity (Wildman–Crippen MR) is 113 cm³/mol. The van der Waals surface area contributed by atoms with Crippen LogP contribution in [0.1, 0.15) is 40.1 Å². The van der Waals surface area contributed by atoms with Crippen LogP contribution in [0, 0.1) is 0 Å². The van der Waals surface area contributed by atoms with Crippen molar-refractivity contribution >= 4 is 27.8 Å². The van der Waals surface area contributed by atoms with Gasteiger partial charge in [0.1, 0.15) is 11.3 Å². The van der Waals surface area contributed by atoms with Crippen LogP contribution in [-0.2, 0) is 19.4 Å². The number of nitrogens with one attached hydrogen (secondary N) is 1. The number of H-pyrrole nitrogens is 1. The number of aryl methyl sites for hydroxylation is 1. The van der Waals surface area contributed by atoms with Gasteiger partial charge in [0.05, 0.1) is 12.1 Å². The molecular weight excluding hydrogens is 364 g/mol. The van der Waals surface area contributed by atoms with Gasteiger partial charge in [-0.05, 0) is 56.0 Å².